The summed E-state index contributed by atoms with van der Waals surface area (Å²) in [6.45, 7) is 1.96. The third kappa shape index (κ3) is 2.12. The molecule has 0 bridgehead atoms. The zero-order valence-corrected chi connectivity index (χ0v) is 10.6. The highest BCUT2D eigenvalue weighted by Gasteiger charge is 2.05. The van der Waals surface area contributed by atoms with Crippen LogP contribution in [-0.4, -0.2) is 19.6 Å². The van der Waals surface area contributed by atoms with Crippen molar-refractivity contribution in [1.82, 2.24) is 19.6 Å². The summed E-state index contributed by atoms with van der Waals surface area (Å²) in [6.07, 6.45) is 1.77. The molecule has 0 radical (unpaired) electrons. The quantitative estimate of drug-likeness (QED) is 0.705. The SMILES string of the molecule is Cc1ccnc(-c2cccc(-c3csnn3)c2)n1. The first-order chi connectivity index (χ1) is 8.83. The predicted octanol–water partition coefficient (Wildman–Crippen LogP) is 2.97. The van der Waals surface area contributed by atoms with E-state index in [4.69, 9.17) is 0 Å². The average Bonchev–Trinajstić information content (AvgIpc) is 2.93. The molecule has 3 rings (SSSR count). The summed E-state index contributed by atoms with van der Waals surface area (Å²) in [5.41, 5.74) is 3.87. The van der Waals surface area contributed by atoms with Crippen molar-refractivity contribution in [2.24, 2.45) is 0 Å². The molecule has 0 amide bonds. The molecular formula is C13H10N4S. The highest BCUT2D eigenvalue weighted by molar-refractivity contribution is 7.03. The summed E-state index contributed by atoms with van der Waals surface area (Å²) < 4.78 is 3.88. The summed E-state index contributed by atoms with van der Waals surface area (Å²) in [5, 5.41) is 5.99. The van der Waals surface area contributed by atoms with E-state index in [2.05, 4.69) is 19.6 Å². The van der Waals surface area contributed by atoms with Gasteiger partial charge in [0.25, 0.3) is 0 Å². The number of aryl methyl sites for hydroxylation is 1. The summed E-state index contributed by atoms with van der Waals surface area (Å²) in [7, 11) is 0. The van der Waals surface area contributed by atoms with Crippen molar-refractivity contribution in [2.75, 3.05) is 0 Å². The molecule has 1 aromatic carbocycles. The van der Waals surface area contributed by atoms with E-state index < -0.39 is 0 Å². The van der Waals surface area contributed by atoms with E-state index in [-0.39, 0.29) is 0 Å². The van der Waals surface area contributed by atoms with Crippen molar-refractivity contribution in [3.63, 3.8) is 0 Å². The van der Waals surface area contributed by atoms with Gasteiger partial charge in [-0.1, -0.05) is 22.7 Å². The summed E-state index contributed by atoms with van der Waals surface area (Å²) >= 11 is 1.35. The van der Waals surface area contributed by atoms with Crippen LogP contribution in [0.25, 0.3) is 22.6 Å². The number of rotatable bonds is 2. The zero-order valence-electron chi connectivity index (χ0n) is 9.74. The fraction of sp³-hybridized carbons (Fsp3) is 0.0769. The van der Waals surface area contributed by atoms with Gasteiger partial charge in [-0.2, -0.15) is 0 Å². The minimum absolute atomic E-state index is 0.736. The van der Waals surface area contributed by atoms with Gasteiger partial charge >= 0.3 is 0 Å². The van der Waals surface area contributed by atoms with Crippen LogP contribution in [0.3, 0.4) is 0 Å². The topological polar surface area (TPSA) is 51.6 Å². The van der Waals surface area contributed by atoms with Gasteiger partial charge in [0, 0.05) is 28.4 Å². The smallest absolute Gasteiger partial charge is 0.159 e. The van der Waals surface area contributed by atoms with Crippen molar-refractivity contribution in [3.05, 3.63) is 47.6 Å². The molecule has 0 saturated carbocycles. The molecule has 18 heavy (non-hydrogen) atoms. The molecule has 0 N–H and O–H groups in total. The molecular weight excluding hydrogens is 244 g/mol. The van der Waals surface area contributed by atoms with E-state index >= 15 is 0 Å². The minimum Gasteiger partial charge on any atom is -0.237 e. The molecule has 0 aliphatic carbocycles. The predicted molar refractivity (Wildman–Crippen MR) is 71.1 cm³/mol. The Morgan fingerprint density at radius 1 is 1.11 bits per heavy atom. The maximum atomic E-state index is 4.42. The van der Waals surface area contributed by atoms with Crippen LogP contribution in [0.1, 0.15) is 5.69 Å². The molecule has 2 aromatic heterocycles. The first kappa shape index (κ1) is 11.0. The molecule has 88 valence electrons. The van der Waals surface area contributed by atoms with E-state index in [1.165, 1.54) is 11.5 Å². The van der Waals surface area contributed by atoms with Crippen molar-refractivity contribution >= 4 is 11.5 Å². The van der Waals surface area contributed by atoms with Gasteiger partial charge in [-0.15, -0.1) is 5.10 Å². The lowest BCUT2D eigenvalue weighted by molar-refractivity contribution is 1.11. The van der Waals surface area contributed by atoms with E-state index in [0.29, 0.717) is 0 Å². The van der Waals surface area contributed by atoms with Crippen molar-refractivity contribution < 1.29 is 0 Å². The average molecular weight is 254 g/mol. The zero-order chi connectivity index (χ0) is 12.4. The fourth-order valence-electron chi connectivity index (χ4n) is 1.70. The first-order valence-corrected chi connectivity index (χ1v) is 6.34. The highest BCUT2D eigenvalue weighted by Crippen LogP contribution is 2.23. The Morgan fingerprint density at radius 3 is 2.78 bits per heavy atom. The standard InChI is InChI=1S/C13H10N4S/c1-9-5-6-14-13(15-9)11-4-2-3-10(7-11)12-8-18-17-16-12/h2-8H,1H3. The number of nitrogens with zero attached hydrogens (tertiary/aromatic N) is 4. The summed E-state index contributed by atoms with van der Waals surface area (Å²) in [6, 6.07) is 9.91. The lowest BCUT2D eigenvalue weighted by atomic mass is 10.1. The maximum absolute atomic E-state index is 4.42. The van der Waals surface area contributed by atoms with E-state index in [1.807, 2.05) is 42.6 Å². The largest absolute Gasteiger partial charge is 0.237 e. The fourth-order valence-corrected chi connectivity index (χ4v) is 2.16. The molecule has 3 aromatic rings. The Hall–Kier alpha value is -2.14. The number of hydrogen-bond donors (Lipinski definition) is 0. The lowest BCUT2D eigenvalue weighted by Crippen LogP contribution is -1.90. The van der Waals surface area contributed by atoms with Crippen LogP contribution in [0, 0.1) is 6.92 Å². The van der Waals surface area contributed by atoms with E-state index in [0.717, 1.165) is 28.3 Å². The van der Waals surface area contributed by atoms with Gasteiger partial charge in [-0.05, 0) is 30.6 Å². The first-order valence-electron chi connectivity index (χ1n) is 5.50. The summed E-state index contributed by atoms with van der Waals surface area (Å²) in [4.78, 5) is 8.71. The molecule has 0 unspecified atom stereocenters. The van der Waals surface area contributed by atoms with Crippen LogP contribution in [0.4, 0.5) is 0 Å². The van der Waals surface area contributed by atoms with Crippen LogP contribution in [0.5, 0.6) is 0 Å². The van der Waals surface area contributed by atoms with Crippen LogP contribution in [0.15, 0.2) is 41.9 Å². The van der Waals surface area contributed by atoms with Crippen LogP contribution in [-0.2, 0) is 0 Å². The molecule has 0 aliphatic rings. The van der Waals surface area contributed by atoms with Crippen molar-refractivity contribution in [3.8, 4) is 22.6 Å². The second-order valence-corrected chi connectivity index (χ2v) is 4.50. The Bertz CT molecular complexity index is 664. The molecule has 2 heterocycles. The number of hydrogen-bond acceptors (Lipinski definition) is 5. The highest BCUT2D eigenvalue weighted by atomic mass is 32.1. The van der Waals surface area contributed by atoms with Crippen LogP contribution >= 0.6 is 11.5 Å². The lowest BCUT2D eigenvalue weighted by Gasteiger charge is -2.02. The second kappa shape index (κ2) is 4.62. The molecule has 4 nitrogen and oxygen atoms in total. The Morgan fingerprint density at radius 2 is 2.00 bits per heavy atom. The Balaban J connectivity index is 2.06. The summed E-state index contributed by atoms with van der Waals surface area (Å²) in [5.74, 6) is 0.736. The van der Waals surface area contributed by atoms with Gasteiger partial charge in [0.1, 0.15) is 5.69 Å². The van der Waals surface area contributed by atoms with Gasteiger partial charge in [0.2, 0.25) is 0 Å². The van der Waals surface area contributed by atoms with Crippen LogP contribution < -0.4 is 0 Å². The monoisotopic (exact) mass is 254 g/mol. The molecule has 0 atom stereocenters. The van der Waals surface area contributed by atoms with Crippen LogP contribution in [0.2, 0.25) is 0 Å². The normalized spacial score (nSPS) is 10.5. The van der Waals surface area contributed by atoms with Gasteiger partial charge in [0.15, 0.2) is 5.82 Å². The molecule has 0 fully saturated rings. The third-order valence-corrected chi connectivity index (χ3v) is 3.08. The van der Waals surface area contributed by atoms with Gasteiger partial charge < -0.3 is 0 Å². The maximum Gasteiger partial charge on any atom is 0.159 e. The van der Waals surface area contributed by atoms with Gasteiger partial charge in [0.05, 0.1) is 0 Å². The van der Waals surface area contributed by atoms with E-state index in [9.17, 15) is 0 Å². The minimum atomic E-state index is 0.736. The van der Waals surface area contributed by atoms with Gasteiger partial charge in [-0.25, -0.2) is 9.97 Å². The van der Waals surface area contributed by atoms with Gasteiger partial charge in [-0.3, -0.25) is 0 Å². The molecule has 0 spiro atoms. The number of benzene rings is 1. The van der Waals surface area contributed by atoms with Crippen molar-refractivity contribution in [2.45, 2.75) is 6.92 Å². The van der Waals surface area contributed by atoms with Crippen molar-refractivity contribution in [1.29, 1.82) is 0 Å². The second-order valence-electron chi connectivity index (χ2n) is 3.89. The third-order valence-electron chi connectivity index (χ3n) is 2.57. The van der Waals surface area contributed by atoms with E-state index in [1.54, 1.807) is 6.20 Å². The molecule has 0 saturated heterocycles. The number of aromatic nitrogens is 4. The molecule has 0 aliphatic heterocycles. The Kier molecular flexibility index (Phi) is 2.82. The Labute approximate surface area is 109 Å². The molecule has 5 heteroatoms.